The van der Waals surface area contributed by atoms with Crippen molar-refractivity contribution in [3.63, 3.8) is 0 Å². The third kappa shape index (κ3) is 5.11. The van der Waals surface area contributed by atoms with E-state index in [-0.39, 0.29) is 11.5 Å². The first-order valence-corrected chi connectivity index (χ1v) is 13.8. The van der Waals surface area contributed by atoms with Crippen molar-refractivity contribution in [2.45, 2.75) is 40.0 Å². The van der Waals surface area contributed by atoms with Gasteiger partial charge >= 0.3 is 6.09 Å². The number of rotatable bonds is 8. The molecule has 1 heterocycles. The molecule has 0 spiro atoms. The molecular weight excluding hydrogens is 547 g/mol. The molecule has 220 valence electrons. The number of carbonyl (C=O) groups is 2. The second-order valence-corrected chi connectivity index (χ2v) is 10.8. The number of hydrogen-bond donors (Lipinski definition) is 2. The van der Waals surface area contributed by atoms with Gasteiger partial charge in [-0.05, 0) is 55.9 Å². The Morgan fingerprint density at radius 2 is 1.76 bits per heavy atom. The molecule has 0 bridgehead atoms. The molecule has 1 amide bonds. The van der Waals surface area contributed by atoms with Crippen LogP contribution in [-0.4, -0.2) is 48.0 Å². The van der Waals surface area contributed by atoms with Crippen LogP contribution in [0.1, 0.15) is 60.4 Å². The van der Waals surface area contributed by atoms with Gasteiger partial charge in [-0.2, -0.15) is 0 Å². The first-order valence-electron chi connectivity index (χ1n) is 13.8. The minimum Gasteiger partial charge on any atom is -0.492 e. The van der Waals surface area contributed by atoms with E-state index in [0.717, 1.165) is 37.8 Å². The summed E-state index contributed by atoms with van der Waals surface area (Å²) in [4.78, 5) is 31.8. The van der Waals surface area contributed by atoms with E-state index in [2.05, 4.69) is 29.0 Å². The molecule has 0 fully saturated rings. The summed E-state index contributed by atoms with van der Waals surface area (Å²) in [6.07, 6.45) is -1.09. The molecule has 5 rings (SSSR count). The molecule has 42 heavy (non-hydrogen) atoms. The number of ether oxygens (including phenoxy) is 2. The smallest absolute Gasteiger partial charge is 0.417 e. The Hall–Kier alpha value is -4.31. The van der Waals surface area contributed by atoms with Gasteiger partial charge in [0, 0.05) is 51.4 Å². The molecule has 1 aromatic heterocycles. The third-order valence-corrected chi connectivity index (χ3v) is 7.92. The Balaban J connectivity index is 1.39. The highest BCUT2D eigenvalue weighted by atomic mass is 19.2. The van der Waals surface area contributed by atoms with Crippen LogP contribution in [0.25, 0.3) is 10.9 Å². The first kappa shape index (κ1) is 29.2. The van der Waals surface area contributed by atoms with E-state index in [1.807, 2.05) is 26.0 Å². The van der Waals surface area contributed by atoms with Gasteiger partial charge in [-0.3, -0.25) is 10.1 Å². The standard InChI is InChI=1S/C32H32F3N3O4/c1-6-38(7-2)12-13-41-19-9-11-20-22(15-19)32(4,5)30-26(29(20)39)21-10-8-18(14-24(21)37-30)36-31(40)42-25-16-23(33)27(34)17(3)28(25)35/h8-11,14-16,37H,6-7,12-13H2,1-5H3,(H,36,40). The highest BCUT2D eigenvalue weighted by Gasteiger charge is 2.40. The number of H-pyrrole nitrogens is 1. The summed E-state index contributed by atoms with van der Waals surface area (Å²) in [5.74, 6) is -4.01. The molecule has 0 saturated heterocycles. The zero-order valence-corrected chi connectivity index (χ0v) is 24.1. The van der Waals surface area contributed by atoms with E-state index in [1.165, 1.54) is 0 Å². The van der Waals surface area contributed by atoms with Crippen LogP contribution in [0.15, 0.2) is 42.5 Å². The molecule has 0 atom stereocenters. The van der Waals surface area contributed by atoms with Gasteiger partial charge in [0.05, 0.1) is 5.56 Å². The van der Waals surface area contributed by atoms with Crippen molar-refractivity contribution in [1.29, 1.82) is 0 Å². The summed E-state index contributed by atoms with van der Waals surface area (Å²) in [6.45, 7) is 12.5. The predicted octanol–water partition coefficient (Wildman–Crippen LogP) is 7.10. The van der Waals surface area contributed by atoms with E-state index >= 15 is 0 Å². The molecule has 0 unspecified atom stereocenters. The monoisotopic (exact) mass is 579 g/mol. The van der Waals surface area contributed by atoms with Crippen LogP contribution in [0.4, 0.5) is 23.7 Å². The fourth-order valence-corrected chi connectivity index (χ4v) is 5.43. The number of likely N-dealkylation sites (N-methyl/N-ethyl adjacent to an activating group) is 1. The number of aromatic nitrogens is 1. The number of anilines is 1. The van der Waals surface area contributed by atoms with Crippen molar-refractivity contribution in [3.8, 4) is 11.5 Å². The van der Waals surface area contributed by atoms with Gasteiger partial charge in [-0.15, -0.1) is 0 Å². The number of carbonyl (C=O) groups excluding carboxylic acids is 2. The third-order valence-electron chi connectivity index (χ3n) is 7.92. The van der Waals surface area contributed by atoms with Crippen LogP contribution in [0.2, 0.25) is 0 Å². The number of fused-ring (bicyclic) bond motifs is 4. The van der Waals surface area contributed by atoms with Crippen molar-refractivity contribution in [2.75, 3.05) is 31.6 Å². The van der Waals surface area contributed by atoms with Gasteiger partial charge in [0.2, 0.25) is 0 Å². The van der Waals surface area contributed by atoms with Crippen LogP contribution < -0.4 is 14.8 Å². The fraction of sp³-hybridized carbons (Fsp3) is 0.312. The summed E-state index contributed by atoms with van der Waals surface area (Å²) < 4.78 is 52.5. The van der Waals surface area contributed by atoms with Crippen molar-refractivity contribution in [2.24, 2.45) is 0 Å². The van der Waals surface area contributed by atoms with Crippen molar-refractivity contribution < 1.29 is 32.2 Å². The maximum Gasteiger partial charge on any atom is 0.417 e. The number of hydrogen-bond acceptors (Lipinski definition) is 5. The summed E-state index contributed by atoms with van der Waals surface area (Å²) in [6, 6.07) is 10.9. The molecular formula is C32H32F3N3O4. The van der Waals surface area contributed by atoms with Gasteiger partial charge in [0.1, 0.15) is 12.4 Å². The Morgan fingerprint density at radius 1 is 1.02 bits per heavy atom. The zero-order chi connectivity index (χ0) is 30.3. The number of benzene rings is 3. The number of nitrogens with one attached hydrogen (secondary N) is 2. The van der Waals surface area contributed by atoms with E-state index in [4.69, 9.17) is 9.47 Å². The number of aromatic amines is 1. The van der Waals surface area contributed by atoms with Gasteiger partial charge in [0.25, 0.3) is 0 Å². The number of ketones is 1. The lowest BCUT2D eigenvalue weighted by Crippen LogP contribution is -2.30. The van der Waals surface area contributed by atoms with Gasteiger partial charge in [0.15, 0.2) is 29.0 Å². The summed E-state index contributed by atoms with van der Waals surface area (Å²) in [5.41, 5.74) is 2.44. The van der Waals surface area contributed by atoms with Crippen LogP contribution in [-0.2, 0) is 5.41 Å². The maximum atomic E-state index is 14.3. The minimum atomic E-state index is -1.35. The Bertz CT molecular complexity index is 1710. The number of nitrogens with zero attached hydrogens (tertiary/aromatic N) is 1. The molecule has 1 aliphatic carbocycles. The highest BCUT2D eigenvalue weighted by Crippen LogP contribution is 2.45. The molecule has 10 heteroatoms. The van der Waals surface area contributed by atoms with Gasteiger partial charge in [-0.25, -0.2) is 18.0 Å². The van der Waals surface area contributed by atoms with Crippen LogP contribution in [0.5, 0.6) is 11.5 Å². The van der Waals surface area contributed by atoms with Gasteiger partial charge < -0.3 is 19.4 Å². The SMILES string of the molecule is CCN(CC)CCOc1ccc2c(c1)C(C)(C)c1[nH]c3cc(NC(=O)Oc4cc(F)c(F)c(C)c4F)ccc3c1C2=O. The lowest BCUT2D eigenvalue weighted by atomic mass is 9.71. The van der Waals surface area contributed by atoms with Crippen LogP contribution in [0.3, 0.4) is 0 Å². The van der Waals surface area contributed by atoms with E-state index in [9.17, 15) is 22.8 Å². The summed E-state index contributed by atoms with van der Waals surface area (Å²) in [5, 5.41) is 3.14. The molecule has 7 nitrogen and oxygen atoms in total. The molecule has 0 saturated carbocycles. The van der Waals surface area contributed by atoms with Crippen LogP contribution in [0, 0.1) is 24.4 Å². The number of amides is 1. The molecule has 4 aromatic rings. The number of halogens is 3. The zero-order valence-electron chi connectivity index (χ0n) is 24.1. The normalized spacial score (nSPS) is 13.7. The molecule has 0 radical (unpaired) electrons. The quantitative estimate of drug-likeness (QED) is 0.218. The average molecular weight is 580 g/mol. The molecule has 2 N–H and O–H groups in total. The first-order chi connectivity index (χ1) is 20.0. The Labute approximate surface area is 241 Å². The van der Waals surface area contributed by atoms with Gasteiger partial charge in [-0.1, -0.05) is 33.8 Å². The van der Waals surface area contributed by atoms with E-state index in [0.29, 0.717) is 40.5 Å². The Morgan fingerprint density at radius 3 is 2.48 bits per heavy atom. The lowest BCUT2D eigenvalue weighted by molar-refractivity contribution is 0.103. The Kier molecular flexibility index (Phi) is 7.76. The molecule has 3 aromatic carbocycles. The molecule has 0 aliphatic heterocycles. The van der Waals surface area contributed by atoms with Crippen LogP contribution >= 0.6 is 0 Å². The van der Waals surface area contributed by atoms with Crippen molar-refractivity contribution in [1.82, 2.24) is 9.88 Å². The summed E-state index contributed by atoms with van der Waals surface area (Å²) >= 11 is 0. The average Bonchev–Trinajstić information content (AvgIpc) is 3.36. The lowest BCUT2D eigenvalue weighted by Gasteiger charge is -2.32. The fourth-order valence-electron chi connectivity index (χ4n) is 5.43. The van der Waals surface area contributed by atoms with E-state index < -0.39 is 40.3 Å². The van der Waals surface area contributed by atoms with Crippen molar-refractivity contribution >= 4 is 28.5 Å². The topological polar surface area (TPSA) is 83.7 Å². The minimum absolute atomic E-state index is 0.121. The predicted molar refractivity (Wildman–Crippen MR) is 154 cm³/mol. The van der Waals surface area contributed by atoms with Crippen molar-refractivity contribution in [3.05, 3.63) is 87.9 Å². The van der Waals surface area contributed by atoms with E-state index in [1.54, 1.807) is 24.3 Å². The second kappa shape index (κ2) is 11.2. The summed E-state index contributed by atoms with van der Waals surface area (Å²) in [7, 11) is 0. The largest absolute Gasteiger partial charge is 0.492 e. The maximum absolute atomic E-state index is 14.3. The second-order valence-electron chi connectivity index (χ2n) is 10.8. The highest BCUT2D eigenvalue weighted by molar-refractivity contribution is 6.20. The molecule has 1 aliphatic rings.